The van der Waals surface area contributed by atoms with Gasteiger partial charge in [-0.15, -0.1) is 0 Å². The Morgan fingerprint density at radius 3 is 2.09 bits per heavy atom. The monoisotopic (exact) mass is 332 g/mol. The number of methoxy groups -OCH3 is 1. The van der Waals surface area contributed by atoms with Crippen LogP contribution in [0.15, 0.2) is 42.1 Å². The van der Waals surface area contributed by atoms with Gasteiger partial charge in [0.2, 0.25) is 0 Å². The number of rotatable bonds is 5. The first-order valence-corrected chi connectivity index (χ1v) is 11.4. The van der Waals surface area contributed by atoms with E-state index < -0.39 is 8.07 Å². The Balaban J connectivity index is 2.23. The van der Waals surface area contributed by atoms with Crippen LogP contribution in [0.2, 0.25) is 19.1 Å². The van der Waals surface area contributed by atoms with Crippen molar-refractivity contribution in [3.05, 3.63) is 42.1 Å². The van der Waals surface area contributed by atoms with E-state index in [1.54, 1.807) is 13.4 Å². The SMILES string of the molecule is COC=C(C[Si](C)(C)c1ccccc1)B1OC(C)(C)C(C)(C)O1. The summed E-state index contributed by atoms with van der Waals surface area (Å²) < 4.78 is 17.8. The van der Waals surface area contributed by atoms with Crippen molar-refractivity contribution in [1.82, 2.24) is 0 Å². The van der Waals surface area contributed by atoms with E-state index in [9.17, 15) is 0 Å². The lowest BCUT2D eigenvalue weighted by Crippen LogP contribution is -2.43. The van der Waals surface area contributed by atoms with Crippen molar-refractivity contribution in [2.24, 2.45) is 0 Å². The lowest BCUT2D eigenvalue weighted by molar-refractivity contribution is 0.00578. The zero-order chi connectivity index (χ0) is 17.3. The summed E-state index contributed by atoms with van der Waals surface area (Å²) >= 11 is 0. The van der Waals surface area contributed by atoms with Gasteiger partial charge < -0.3 is 14.0 Å². The standard InChI is InChI=1S/C18H29BO3Si/c1-17(2)18(3,4)22-19(21-17)15(13-20-5)14-23(6,7)16-11-9-8-10-12-16/h8-13H,14H2,1-7H3. The largest absolute Gasteiger partial charge is 0.505 e. The molecule has 1 aliphatic heterocycles. The molecule has 1 aliphatic rings. The van der Waals surface area contributed by atoms with Gasteiger partial charge in [0.05, 0.1) is 32.6 Å². The highest BCUT2D eigenvalue weighted by atomic mass is 28.3. The van der Waals surface area contributed by atoms with Crippen molar-refractivity contribution < 1.29 is 14.0 Å². The summed E-state index contributed by atoms with van der Waals surface area (Å²) in [4.78, 5) is 0. The molecule has 1 fully saturated rings. The van der Waals surface area contributed by atoms with Crippen LogP contribution in [0, 0.1) is 0 Å². The molecule has 1 saturated heterocycles. The van der Waals surface area contributed by atoms with E-state index in [2.05, 4.69) is 71.1 Å². The molecule has 2 rings (SSSR count). The zero-order valence-electron chi connectivity index (χ0n) is 15.5. The maximum absolute atomic E-state index is 6.21. The number of hydrogen-bond acceptors (Lipinski definition) is 3. The van der Waals surface area contributed by atoms with Crippen LogP contribution in [0.4, 0.5) is 0 Å². The Morgan fingerprint density at radius 2 is 1.61 bits per heavy atom. The minimum Gasteiger partial charge on any atom is -0.505 e. The predicted octanol–water partition coefficient (Wildman–Crippen LogP) is 3.76. The maximum atomic E-state index is 6.21. The molecule has 1 heterocycles. The molecule has 5 heteroatoms. The lowest BCUT2D eigenvalue weighted by Gasteiger charge is -2.32. The Hall–Kier alpha value is -1.04. The van der Waals surface area contributed by atoms with Crippen LogP contribution in [0.25, 0.3) is 0 Å². The molecule has 0 saturated carbocycles. The van der Waals surface area contributed by atoms with Crippen molar-refractivity contribution >= 4 is 20.4 Å². The number of hydrogen-bond donors (Lipinski definition) is 0. The second-order valence-corrected chi connectivity index (χ2v) is 12.6. The lowest BCUT2D eigenvalue weighted by atomic mass is 9.80. The van der Waals surface area contributed by atoms with Gasteiger partial charge in [-0.3, -0.25) is 0 Å². The van der Waals surface area contributed by atoms with Gasteiger partial charge in [-0.05, 0) is 39.2 Å². The molecule has 23 heavy (non-hydrogen) atoms. The second-order valence-electron chi connectivity index (χ2n) is 7.94. The Morgan fingerprint density at radius 1 is 1.09 bits per heavy atom. The van der Waals surface area contributed by atoms with Crippen LogP contribution in [0.3, 0.4) is 0 Å². The zero-order valence-corrected chi connectivity index (χ0v) is 16.5. The van der Waals surface area contributed by atoms with Crippen molar-refractivity contribution in [3.8, 4) is 0 Å². The first-order valence-electron chi connectivity index (χ1n) is 8.22. The highest BCUT2D eigenvalue weighted by molar-refractivity contribution is 6.91. The molecule has 0 amide bonds. The minimum atomic E-state index is -1.65. The molecule has 0 radical (unpaired) electrons. The van der Waals surface area contributed by atoms with Gasteiger partial charge in [-0.1, -0.05) is 48.6 Å². The molecule has 0 atom stereocenters. The van der Waals surface area contributed by atoms with E-state index >= 15 is 0 Å². The van der Waals surface area contributed by atoms with Gasteiger partial charge in [0.25, 0.3) is 0 Å². The van der Waals surface area contributed by atoms with Crippen LogP contribution in [0.1, 0.15) is 27.7 Å². The first-order chi connectivity index (χ1) is 10.6. The highest BCUT2D eigenvalue weighted by Crippen LogP contribution is 2.39. The molecule has 1 aromatic rings. The van der Waals surface area contributed by atoms with Crippen molar-refractivity contribution in [3.63, 3.8) is 0 Å². The van der Waals surface area contributed by atoms with E-state index in [1.807, 2.05) is 0 Å². The predicted molar refractivity (Wildman–Crippen MR) is 99.5 cm³/mol. The fraction of sp³-hybridized carbons (Fsp3) is 0.556. The van der Waals surface area contributed by atoms with Crippen LogP contribution in [0.5, 0.6) is 0 Å². The first kappa shape index (κ1) is 18.3. The molecule has 1 aromatic carbocycles. The van der Waals surface area contributed by atoms with Gasteiger partial charge in [-0.25, -0.2) is 0 Å². The molecular weight excluding hydrogens is 303 g/mol. The summed E-state index contributed by atoms with van der Waals surface area (Å²) in [5, 5.41) is 1.43. The second kappa shape index (κ2) is 6.46. The fourth-order valence-electron chi connectivity index (χ4n) is 2.83. The van der Waals surface area contributed by atoms with E-state index in [1.165, 1.54) is 5.19 Å². The summed E-state index contributed by atoms with van der Waals surface area (Å²) in [7, 11) is -0.303. The van der Waals surface area contributed by atoms with Gasteiger partial charge in [0.15, 0.2) is 0 Å². The topological polar surface area (TPSA) is 27.7 Å². The third-order valence-corrected chi connectivity index (χ3v) is 8.21. The third-order valence-electron chi connectivity index (χ3n) is 5.03. The van der Waals surface area contributed by atoms with Crippen LogP contribution < -0.4 is 5.19 Å². The Bertz CT molecular complexity index is 551. The third kappa shape index (κ3) is 3.90. The van der Waals surface area contributed by atoms with Gasteiger partial charge >= 0.3 is 7.12 Å². The molecule has 0 N–H and O–H groups in total. The highest BCUT2D eigenvalue weighted by Gasteiger charge is 2.53. The van der Waals surface area contributed by atoms with E-state index in [-0.39, 0.29) is 18.3 Å². The smallest absolute Gasteiger partial charge is 0.493 e. The van der Waals surface area contributed by atoms with Crippen molar-refractivity contribution in [1.29, 1.82) is 0 Å². The summed E-state index contributed by atoms with van der Waals surface area (Å²) in [6.45, 7) is 13.1. The summed E-state index contributed by atoms with van der Waals surface area (Å²) in [5.41, 5.74) is 0.429. The average Bonchev–Trinajstić information content (AvgIpc) is 2.68. The normalized spacial score (nSPS) is 20.7. The summed E-state index contributed by atoms with van der Waals surface area (Å²) in [5.74, 6) is 0. The van der Waals surface area contributed by atoms with E-state index in [4.69, 9.17) is 14.0 Å². The number of ether oxygens (including phenoxy) is 1. The Labute approximate surface area is 142 Å². The van der Waals surface area contributed by atoms with Gasteiger partial charge in [0, 0.05) is 0 Å². The minimum absolute atomic E-state index is 0.330. The van der Waals surface area contributed by atoms with Crippen molar-refractivity contribution in [2.45, 2.75) is 58.0 Å². The molecule has 3 nitrogen and oxygen atoms in total. The molecule has 0 aromatic heterocycles. The maximum Gasteiger partial charge on any atom is 0.493 e. The Kier molecular flexibility index (Phi) is 5.14. The van der Waals surface area contributed by atoms with E-state index in [0.717, 1.165) is 11.5 Å². The van der Waals surface area contributed by atoms with Gasteiger partial charge in [-0.2, -0.15) is 0 Å². The van der Waals surface area contributed by atoms with E-state index in [0.29, 0.717) is 0 Å². The van der Waals surface area contributed by atoms with Crippen LogP contribution >= 0.6 is 0 Å². The fourth-order valence-corrected chi connectivity index (χ4v) is 5.40. The molecule has 0 unspecified atom stereocenters. The van der Waals surface area contributed by atoms with Gasteiger partial charge in [0.1, 0.15) is 0 Å². The molecule has 0 aliphatic carbocycles. The average molecular weight is 332 g/mol. The summed E-state index contributed by atoms with van der Waals surface area (Å²) in [6.07, 6.45) is 1.81. The van der Waals surface area contributed by atoms with Crippen LogP contribution in [-0.4, -0.2) is 33.5 Å². The molecule has 0 bridgehead atoms. The molecular formula is C18H29BO3Si. The summed E-state index contributed by atoms with van der Waals surface area (Å²) in [6, 6.07) is 11.7. The van der Waals surface area contributed by atoms with Crippen LogP contribution in [-0.2, 0) is 14.0 Å². The molecule has 126 valence electrons. The van der Waals surface area contributed by atoms with Crippen molar-refractivity contribution in [2.75, 3.05) is 7.11 Å². The quantitative estimate of drug-likeness (QED) is 0.607. The number of allylic oxidation sites excluding steroid dienone is 1. The molecule has 0 spiro atoms. The number of benzene rings is 1.